The summed E-state index contributed by atoms with van der Waals surface area (Å²) >= 11 is 0. The lowest BCUT2D eigenvalue weighted by molar-refractivity contribution is -0.126. The van der Waals surface area contributed by atoms with Gasteiger partial charge in [-0.1, -0.05) is 33.8 Å². The smallest absolute Gasteiger partial charge is 0.162 e. The van der Waals surface area contributed by atoms with E-state index in [1.165, 1.54) is 12.8 Å². The van der Waals surface area contributed by atoms with E-state index in [0.29, 0.717) is 23.0 Å². The van der Waals surface area contributed by atoms with Gasteiger partial charge in [0.1, 0.15) is 0 Å². The predicted octanol–water partition coefficient (Wildman–Crippen LogP) is 3.59. The van der Waals surface area contributed by atoms with Gasteiger partial charge in [-0.2, -0.15) is 0 Å². The van der Waals surface area contributed by atoms with Crippen LogP contribution in [-0.4, -0.2) is 5.78 Å². The first-order chi connectivity index (χ1) is 7.34. The minimum atomic E-state index is -0.100. The van der Waals surface area contributed by atoms with Crippen molar-refractivity contribution in [1.29, 1.82) is 0 Å². The summed E-state index contributed by atoms with van der Waals surface area (Å²) in [6.45, 7) is 9.30. The number of rotatable bonds is 0. The highest BCUT2D eigenvalue weighted by atomic mass is 16.1. The average Bonchev–Trinajstić information content (AvgIpc) is 2.68. The van der Waals surface area contributed by atoms with E-state index in [-0.39, 0.29) is 10.8 Å². The molecule has 1 heteroatoms. The van der Waals surface area contributed by atoms with Crippen molar-refractivity contribution in [3.63, 3.8) is 0 Å². The molecule has 1 spiro atoms. The van der Waals surface area contributed by atoms with Gasteiger partial charge in [-0.3, -0.25) is 4.79 Å². The summed E-state index contributed by atoms with van der Waals surface area (Å²) in [6.07, 6.45) is 7.83. The molecular formula is C15H22O. The Balaban J connectivity index is 2.22. The molecule has 1 nitrogen and oxygen atoms in total. The number of allylic oxidation sites excluding steroid dienone is 2. The SMILES string of the molecule is C[C@@H]1CC[C@H]2C(C)(C)C[C@]3(C)C(=O)C=C[C@]123. The fraction of sp³-hybridized carbons (Fsp3) is 0.800. The van der Waals surface area contributed by atoms with Crippen LogP contribution in [0.4, 0.5) is 0 Å². The Morgan fingerprint density at radius 1 is 1.25 bits per heavy atom. The van der Waals surface area contributed by atoms with Gasteiger partial charge >= 0.3 is 0 Å². The van der Waals surface area contributed by atoms with Crippen LogP contribution in [0.5, 0.6) is 0 Å². The second-order valence-corrected chi connectivity index (χ2v) is 7.16. The lowest BCUT2D eigenvalue weighted by atomic mass is 9.62. The van der Waals surface area contributed by atoms with E-state index >= 15 is 0 Å². The standard InChI is InChI=1S/C15H22O/c1-10-5-6-11-13(2,3)9-14(4)12(16)7-8-15(10,11)14/h7-8,10-11H,5-6,9H2,1-4H3/t10-,11+,14-,15+/m1/s1. The van der Waals surface area contributed by atoms with E-state index in [2.05, 4.69) is 33.8 Å². The third-order valence-electron chi connectivity index (χ3n) is 6.04. The highest BCUT2D eigenvalue weighted by molar-refractivity contribution is 5.99. The van der Waals surface area contributed by atoms with Crippen LogP contribution in [0.3, 0.4) is 0 Å². The molecule has 3 aliphatic rings. The van der Waals surface area contributed by atoms with Crippen LogP contribution in [0.1, 0.15) is 47.0 Å². The Morgan fingerprint density at radius 3 is 2.62 bits per heavy atom. The van der Waals surface area contributed by atoms with Crippen molar-refractivity contribution in [2.75, 3.05) is 0 Å². The Bertz CT molecular complexity index is 392. The summed E-state index contributed by atoms with van der Waals surface area (Å²) in [6, 6.07) is 0. The van der Waals surface area contributed by atoms with Gasteiger partial charge in [-0.25, -0.2) is 0 Å². The van der Waals surface area contributed by atoms with E-state index in [0.717, 1.165) is 6.42 Å². The maximum absolute atomic E-state index is 12.3. The van der Waals surface area contributed by atoms with Gasteiger partial charge in [0.15, 0.2) is 5.78 Å². The van der Waals surface area contributed by atoms with E-state index < -0.39 is 0 Å². The number of hydrogen-bond donors (Lipinski definition) is 0. The third-order valence-corrected chi connectivity index (χ3v) is 6.04. The predicted molar refractivity (Wildman–Crippen MR) is 65.0 cm³/mol. The number of carbonyl (C=O) groups excluding carboxylic acids is 1. The minimum absolute atomic E-state index is 0.100. The number of ketones is 1. The summed E-state index contributed by atoms with van der Waals surface area (Å²) in [4.78, 5) is 12.3. The van der Waals surface area contributed by atoms with E-state index in [1.54, 1.807) is 0 Å². The second-order valence-electron chi connectivity index (χ2n) is 7.16. The molecule has 2 fully saturated rings. The van der Waals surface area contributed by atoms with Crippen LogP contribution >= 0.6 is 0 Å². The fourth-order valence-electron chi connectivity index (χ4n) is 5.55. The molecule has 3 rings (SSSR count). The van der Waals surface area contributed by atoms with E-state index in [1.807, 2.05) is 6.08 Å². The molecule has 2 saturated carbocycles. The van der Waals surface area contributed by atoms with Gasteiger partial charge in [0.25, 0.3) is 0 Å². The Morgan fingerprint density at radius 2 is 1.94 bits per heavy atom. The number of hydrogen-bond acceptors (Lipinski definition) is 1. The van der Waals surface area contributed by atoms with E-state index in [4.69, 9.17) is 0 Å². The molecule has 0 saturated heterocycles. The molecule has 0 N–H and O–H groups in total. The highest BCUT2D eigenvalue weighted by Crippen LogP contribution is 2.74. The summed E-state index contributed by atoms with van der Waals surface area (Å²) in [5.74, 6) is 1.77. The third kappa shape index (κ3) is 0.846. The van der Waals surface area contributed by atoms with Crippen molar-refractivity contribution in [3.8, 4) is 0 Å². The molecule has 0 aliphatic heterocycles. The monoisotopic (exact) mass is 218 g/mol. The summed E-state index contributed by atoms with van der Waals surface area (Å²) in [5.41, 5.74) is 0.421. The molecule has 0 aromatic carbocycles. The van der Waals surface area contributed by atoms with Crippen LogP contribution in [0.2, 0.25) is 0 Å². The Labute approximate surface area is 98.3 Å². The molecule has 0 heterocycles. The van der Waals surface area contributed by atoms with Crippen molar-refractivity contribution < 1.29 is 4.79 Å². The van der Waals surface area contributed by atoms with Gasteiger partial charge in [0.05, 0.1) is 0 Å². The number of carbonyl (C=O) groups is 1. The lowest BCUT2D eigenvalue weighted by Crippen LogP contribution is -2.40. The fourth-order valence-corrected chi connectivity index (χ4v) is 5.55. The zero-order chi connectivity index (χ0) is 11.8. The first kappa shape index (κ1) is 10.6. The molecule has 4 atom stereocenters. The average molecular weight is 218 g/mol. The van der Waals surface area contributed by atoms with Crippen molar-refractivity contribution in [2.24, 2.45) is 28.1 Å². The molecule has 0 amide bonds. The molecule has 88 valence electrons. The van der Waals surface area contributed by atoms with Crippen molar-refractivity contribution in [1.82, 2.24) is 0 Å². The summed E-state index contributed by atoms with van der Waals surface area (Å²) in [7, 11) is 0. The minimum Gasteiger partial charge on any atom is -0.294 e. The summed E-state index contributed by atoms with van der Waals surface area (Å²) < 4.78 is 0. The van der Waals surface area contributed by atoms with Gasteiger partial charge in [0, 0.05) is 10.8 Å². The maximum Gasteiger partial charge on any atom is 0.162 e. The summed E-state index contributed by atoms with van der Waals surface area (Å²) in [5, 5.41) is 0. The molecule has 0 aromatic rings. The van der Waals surface area contributed by atoms with Gasteiger partial charge in [-0.15, -0.1) is 0 Å². The first-order valence-electron chi connectivity index (χ1n) is 6.58. The molecule has 0 aromatic heterocycles. The maximum atomic E-state index is 12.3. The zero-order valence-corrected chi connectivity index (χ0v) is 10.8. The highest BCUT2D eigenvalue weighted by Gasteiger charge is 2.71. The van der Waals surface area contributed by atoms with Crippen LogP contribution in [0.15, 0.2) is 12.2 Å². The largest absolute Gasteiger partial charge is 0.294 e. The van der Waals surface area contributed by atoms with Crippen molar-refractivity contribution in [2.45, 2.75) is 47.0 Å². The second kappa shape index (κ2) is 2.63. The van der Waals surface area contributed by atoms with Crippen LogP contribution in [0.25, 0.3) is 0 Å². The molecule has 16 heavy (non-hydrogen) atoms. The van der Waals surface area contributed by atoms with Crippen LogP contribution in [0, 0.1) is 28.1 Å². The molecule has 3 aliphatic carbocycles. The van der Waals surface area contributed by atoms with E-state index in [9.17, 15) is 4.79 Å². The van der Waals surface area contributed by atoms with Crippen molar-refractivity contribution >= 4 is 5.78 Å². The van der Waals surface area contributed by atoms with Gasteiger partial charge in [-0.05, 0) is 42.6 Å². The van der Waals surface area contributed by atoms with Gasteiger partial charge in [0.2, 0.25) is 0 Å². The van der Waals surface area contributed by atoms with Crippen LogP contribution < -0.4 is 0 Å². The molecular weight excluding hydrogens is 196 g/mol. The topological polar surface area (TPSA) is 17.1 Å². The lowest BCUT2D eigenvalue weighted by Gasteiger charge is -2.40. The van der Waals surface area contributed by atoms with Crippen molar-refractivity contribution in [3.05, 3.63) is 12.2 Å². The van der Waals surface area contributed by atoms with Gasteiger partial charge < -0.3 is 0 Å². The molecule has 0 bridgehead atoms. The first-order valence-corrected chi connectivity index (χ1v) is 6.58. The quantitative estimate of drug-likeness (QED) is 0.607. The molecule has 0 radical (unpaired) electrons. The Kier molecular flexibility index (Phi) is 1.73. The molecule has 0 unspecified atom stereocenters. The normalized spacial score (nSPS) is 53.1. The van der Waals surface area contributed by atoms with Crippen LogP contribution in [-0.2, 0) is 4.79 Å². The zero-order valence-electron chi connectivity index (χ0n) is 10.8. The Hall–Kier alpha value is -0.590.